The van der Waals surface area contributed by atoms with E-state index in [4.69, 9.17) is 4.98 Å². The Hall–Kier alpha value is -3.15. The molecule has 2 amide bonds. The van der Waals surface area contributed by atoms with Gasteiger partial charge in [-0.2, -0.15) is 0 Å². The summed E-state index contributed by atoms with van der Waals surface area (Å²) in [5.41, 5.74) is 2.92. The van der Waals surface area contributed by atoms with Gasteiger partial charge in [-0.1, -0.05) is 42.5 Å². The van der Waals surface area contributed by atoms with E-state index in [2.05, 4.69) is 10.6 Å². The molecular weight excluding hydrogens is 364 g/mol. The Bertz CT molecular complexity index is 993. The highest BCUT2D eigenvalue weighted by atomic mass is 16.2. The van der Waals surface area contributed by atoms with E-state index in [0.717, 1.165) is 41.7 Å². The third-order valence-corrected chi connectivity index (χ3v) is 5.19. The van der Waals surface area contributed by atoms with E-state index >= 15 is 0 Å². The minimum absolute atomic E-state index is 0.0414. The highest BCUT2D eigenvalue weighted by Gasteiger charge is 2.29. The molecule has 0 saturated heterocycles. The molecule has 0 atom stereocenters. The topological polar surface area (TPSA) is 76.0 Å². The summed E-state index contributed by atoms with van der Waals surface area (Å²) in [5, 5.41) is 5.98. The first-order chi connectivity index (χ1) is 14.2. The average Bonchev–Trinajstić information content (AvgIpc) is 3.54. The number of amides is 2. The van der Waals surface area contributed by atoms with Crippen molar-refractivity contribution in [2.75, 3.05) is 6.54 Å². The molecule has 150 valence electrons. The molecule has 1 saturated carbocycles. The maximum Gasteiger partial charge on any atom is 0.240 e. The number of fused-ring (bicyclic) bond motifs is 1. The number of aromatic nitrogens is 2. The first kappa shape index (κ1) is 19.2. The number of carbonyl (C=O) groups excluding carboxylic acids is 2. The highest BCUT2D eigenvalue weighted by Crippen LogP contribution is 2.28. The highest BCUT2D eigenvalue weighted by molar-refractivity contribution is 5.81. The molecule has 0 bridgehead atoms. The van der Waals surface area contributed by atoms with Gasteiger partial charge in [0.15, 0.2) is 0 Å². The van der Waals surface area contributed by atoms with Crippen molar-refractivity contribution in [1.29, 1.82) is 0 Å². The van der Waals surface area contributed by atoms with Gasteiger partial charge >= 0.3 is 0 Å². The van der Waals surface area contributed by atoms with Crippen LogP contribution in [0.5, 0.6) is 0 Å². The summed E-state index contributed by atoms with van der Waals surface area (Å²) in [5.74, 6) is 1.23. The summed E-state index contributed by atoms with van der Waals surface area (Å²) in [7, 11) is 0. The molecule has 0 radical (unpaired) electrons. The summed E-state index contributed by atoms with van der Waals surface area (Å²) in [4.78, 5) is 29.1. The zero-order valence-corrected chi connectivity index (χ0v) is 16.4. The van der Waals surface area contributed by atoms with Gasteiger partial charge in [0, 0.05) is 25.4 Å². The summed E-state index contributed by atoms with van der Waals surface area (Å²) in [6, 6.07) is 17.7. The lowest BCUT2D eigenvalue weighted by Crippen LogP contribution is -2.28. The Balaban J connectivity index is 1.38. The number of nitrogens with one attached hydrogen (secondary N) is 2. The quantitative estimate of drug-likeness (QED) is 0.552. The molecular formula is C23H26N4O2. The Labute approximate surface area is 170 Å². The van der Waals surface area contributed by atoms with Gasteiger partial charge in [0.05, 0.1) is 11.0 Å². The van der Waals surface area contributed by atoms with Crippen molar-refractivity contribution in [2.45, 2.75) is 38.8 Å². The Morgan fingerprint density at radius 1 is 1.00 bits per heavy atom. The lowest BCUT2D eigenvalue weighted by atomic mass is 10.2. The predicted molar refractivity (Wildman–Crippen MR) is 112 cm³/mol. The summed E-state index contributed by atoms with van der Waals surface area (Å²) in [6.07, 6.45) is 3.54. The fourth-order valence-corrected chi connectivity index (χ4v) is 3.44. The molecule has 0 spiro atoms. The second-order valence-electron chi connectivity index (χ2n) is 7.53. The lowest BCUT2D eigenvalue weighted by Gasteiger charge is -2.10. The fourth-order valence-electron chi connectivity index (χ4n) is 3.44. The number of hydrogen-bond acceptors (Lipinski definition) is 3. The maximum absolute atomic E-state index is 12.6. The van der Waals surface area contributed by atoms with Crippen LogP contribution in [0.2, 0.25) is 0 Å². The van der Waals surface area contributed by atoms with Crippen molar-refractivity contribution in [3.8, 4) is 0 Å². The number of imidazole rings is 1. The molecule has 4 rings (SSSR count). The van der Waals surface area contributed by atoms with Crippen LogP contribution >= 0.6 is 0 Å². The van der Waals surface area contributed by atoms with Crippen LogP contribution in [0.25, 0.3) is 11.0 Å². The van der Waals surface area contributed by atoms with Crippen LogP contribution in [0.15, 0.2) is 54.6 Å². The van der Waals surface area contributed by atoms with Crippen LogP contribution in [-0.4, -0.2) is 27.9 Å². The Morgan fingerprint density at radius 2 is 1.76 bits per heavy atom. The Kier molecular flexibility index (Phi) is 5.89. The number of para-hydroxylation sites is 2. The van der Waals surface area contributed by atoms with Crippen molar-refractivity contribution >= 4 is 22.8 Å². The van der Waals surface area contributed by atoms with Crippen LogP contribution in [0, 0.1) is 5.92 Å². The molecule has 1 aliphatic rings. The van der Waals surface area contributed by atoms with E-state index in [1.165, 1.54) is 0 Å². The van der Waals surface area contributed by atoms with Crippen molar-refractivity contribution < 1.29 is 9.59 Å². The van der Waals surface area contributed by atoms with E-state index in [-0.39, 0.29) is 24.3 Å². The fraction of sp³-hybridized carbons (Fsp3) is 0.348. The van der Waals surface area contributed by atoms with Crippen LogP contribution in [0.4, 0.5) is 0 Å². The normalized spacial score (nSPS) is 13.4. The first-order valence-corrected chi connectivity index (χ1v) is 10.2. The SMILES string of the molecule is O=C(Cn1c(CCCNC(=O)C2CC2)nc2ccccc21)NCc1ccccc1. The van der Waals surface area contributed by atoms with E-state index in [9.17, 15) is 9.59 Å². The smallest absolute Gasteiger partial charge is 0.240 e. The summed E-state index contributed by atoms with van der Waals surface area (Å²) < 4.78 is 1.98. The van der Waals surface area contributed by atoms with Gasteiger partial charge in [-0.25, -0.2) is 4.98 Å². The summed E-state index contributed by atoms with van der Waals surface area (Å²) >= 11 is 0. The molecule has 6 nitrogen and oxygen atoms in total. The van der Waals surface area contributed by atoms with Crippen molar-refractivity contribution in [2.24, 2.45) is 5.92 Å². The number of aryl methyl sites for hydroxylation is 1. The van der Waals surface area contributed by atoms with E-state index in [0.29, 0.717) is 19.5 Å². The van der Waals surface area contributed by atoms with E-state index in [1.807, 2.05) is 59.2 Å². The molecule has 3 aromatic rings. The van der Waals surface area contributed by atoms with Crippen molar-refractivity contribution in [3.05, 3.63) is 66.0 Å². The molecule has 0 aliphatic heterocycles. The maximum atomic E-state index is 12.6. The molecule has 2 aromatic carbocycles. The summed E-state index contributed by atoms with van der Waals surface area (Å²) in [6.45, 7) is 1.38. The second kappa shape index (κ2) is 8.90. The van der Waals surface area contributed by atoms with Crippen molar-refractivity contribution in [1.82, 2.24) is 20.2 Å². The second-order valence-corrected chi connectivity index (χ2v) is 7.53. The molecule has 1 fully saturated rings. The molecule has 29 heavy (non-hydrogen) atoms. The zero-order valence-electron chi connectivity index (χ0n) is 16.4. The minimum Gasteiger partial charge on any atom is -0.356 e. The van der Waals surface area contributed by atoms with Gasteiger partial charge in [0.2, 0.25) is 11.8 Å². The minimum atomic E-state index is -0.0414. The third kappa shape index (κ3) is 5.02. The van der Waals surface area contributed by atoms with E-state index in [1.54, 1.807) is 0 Å². The number of benzene rings is 2. The number of hydrogen-bond donors (Lipinski definition) is 2. The van der Waals surface area contributed by atoms with Crippen molar-refractivity contribution in [3.63, 3.8) is 0 Å². The molecule has 2 N–H and O–H groups in total. The van der Waals surface area contributed by atoms with Crippen LogP contribution in [-0.2, 0) is 29.1 Å². The monoisotopic (exact) mass is 390 g/mol. The molecule has 1 aliphatic carbocycles. The van der Waals surface area contributed by atoms with Gasteiger partial charge in [0.1, 0.15) is 12.4 Å². The molecule has 0 unspecified atom stereocenters. The molecule has 1 heterocycles. The van der Waals surface area contributed by atoms with Crippen LogP contribution < -0.4 is 10.6 Å². The van der Waals surface area contributed by atoms with Gasteiger partial charge in [-0.05, 0) is 37.0 Å². The predicted octanol–water partition coefficient (Wildman–Crippen LogP) is 2.81. The molecule has 6 heteroatoms. The van der Waals surface area contributed by atoms with E-state index < -0.39 is 0 Å². The van der Waals surface area contributed by atoms with Gasteiger partial charge in [-0.3, -0.25) is 9.59 Å². The average molecular weight is 390 g/mol. The first-order valence-electron chi connectivity index (χ1n) is 10.2. The van der Waals surface area contributed by atoms with Gasteiger partial charge < -0.3 is 15.2 Å². The lowest BCUT2D eigenvalue weighted by molar-refractivity contribution is -0.122. The number of nitrogens with zero attached hydrogens (tertiary/aromatic N) is 2. The largest absolute Gasteiger partial charge is 0.356 e. The number of carbonyl (C=O) groups is 2. The molecule has 1 aromatic heterocycles. The van der Waals surface area contributed by atoms with Gasteiger partial charge in [-0.15, -0.1) is 0 Å². The third-order valence-electron chi connectivity index (χ3n) is 5.19. The standard InChI is InChI=1S/C23H26N4O2/c28-22(25-15-17-7-2-1-3-8-17)16-27-20-10-5-4-9-19(20)26-21(27)11-6-14-24-23(29)18-12-13-18/h1-5,7-10,18H,6,11-16H2,(H,24,29)(H,25,28). The Morgan fingerprint density at radius 3 is 2.55 bits per heavy atom. The van der Waals surface area contributed by atoms with Gasteiger partial charge in [0.25, 0.3) is 0 Å². The van der Waals surface area contributed by atoms with Crippen LogP contribution in [0.3, 0.4) is 0 Å². The zero-order chi connectivity index (χ0) is 20.1. The van der Waals surface area contributed by atoms with Crippen LogP contribution in [0.1, 0.15) is 30.7 Å². The number of rotatable bonds is 9.